The summed E-state index contributed by atoms with van der Waals surface area (Å²) in [6.07, 6.45) is 0.724. The zero-order valence-corrected chi connectivity index (χ0v) is 17.9. The second-order valence-electron chi connectivity index (χ2n) is 6.70. The molecule has 10 nitrogen and oxygen atoms in total. The number of carboxylic acids is 2. The SMILES string of the molecule is CC(C)C[C@H](N)C(=O)O.Cl.NCC(=O)NCC(=O)N[C@@H](Cc1ccccc1)C(=O)O. The maximum atomic E-state index is 11.5. The van der Waals surface area contributed by atoms with Crippen LogP contribution < -0.4 is 22.1 Å². The van der Waals surface area contributed by atoms with Gasteiger partial charge in [-0.05, 0) is 17.9 Å². The van der Waals surface area contributed by atoms with Crippen LogP contribution in [-0.4, -0.2) is 59.1 Å². The van der Waals surface area contributed by atoms with Gasteiger partial charge in [-0.1, -0.05) is 44.2 Å². The van der Waals surface area contributed by atoms with Gasteiger partial charge in [-0.2, -0.15) is 0 Å². The van der Waals surface area contributed by atoms with Crippen LogP contribution >= 0.6 is 12.4 Å². The van der Waals surface area contributed by atoms with Crippen LogP contribution in [0.15, 0.2) is 30.3 Å². The van der Waals surface area contributed by atoms with E-state index < -0.39 is 35.8 Å². The van der Waals surface area contributed by atoms with E-state index in [1.807, 2.05) is 19.9 Å². The van der Waals surface area contributed by atoms with Gasteiger partial charge in [-0.15, -0.1) is 12.4 Å². The fourth-order valence-electron chi connectivity index (χ4n) is 2.15. The van der Waals surface area contributed by atoms with Crippen molar-refractivity contribution in [3.8, 4) is 0 Å². The second-order valence-corrected chi connectivity index (χ2v) is 6.70. The number of hydrogen-bond acceptors (Lipinski definition) is 6. The van der Waals surface area contributed by atoms with Crippen molar-refractivity contribution in [2.45, 2.75) is 38.8 Å². The minimum atomic E-state index is -1.13. The molecule has 0 spiro atoms. The molecule has 0 bridgehead atoms. The first kappa shape index (κ1) is 29.5. The molecule has 0 aromatic heterocycles. The summed E-state index contributed by atoms with van der Waals surface area (Å²) in [5.41, 5.74) is 11.1. The van der Waals surface area contributed by atoms with E-state index in [9.17, 15) is 19.2 Å². The van der Waals surface area contributed by atoms with Crippen molar-refractivity contribution in [3.63, 3.8) is 0 Å². The molecular weight excluding hydrogens is 416 g/mol. The topological polar surface area (TPSA) is 185 Å². The lowest BCUT2D eigenvalue weighted by Crippen LogP contribution is -2.47. The highest BCUT2D eigenvalue weighted by molar-refractivity contribution is 5.88. The molecule has 170 valence electrons. The van der Waals surface area contributed by atoms with Gasteiger partial charge in [0.25, 0.3) is 0 Å². The second kappa shape index (κ2) is 16.1. The standard InChI is InChI=1S/C13H17N3O4.C6H13NO2.ClH/c14-7-11(17)15-8-12(18)16-10(13(19)20)6-9-4-2-1-3-5-9;1-4(2)3-5(7)6(8)9;/h1-5,10H,6-8,14H2,(H,15,17)(H,16,18)(H,19,20);4-5H,3,7H2,1-2H3,(H,8,9);1H/t10-;5-;/m00./s1. The number of hydrogen-bond donors (Lipinski definition) is 6. The van der Waals surface area contributed by atoms with E-state index in [1.165, 1.54) is 0 Å². The Morgan fingerprint density at radius 1 is 1.00 bits per heavy atom. The van der Waals surface area contributed by atoms with Crippen molar-refractivity contribution in [2.75, 3.05) is 13.1 Å². The average molecular weight is 447 g/mol. The zero-order valence-electron chi connectivity index (χ0n) is 17.0. The first-order valence-electron chi connectivity index (χ1n) is 9.08. The van der Waals surface area contributed by atoms with Gasteiger partial charge < -0.3 is 32.3 Å². The minimum Gasteiger partial charge on any atom is -0.480 e. The van der Waals surface area contributed by atoms with E-state index in [4.69, 9.17) is 21.7 Å². The number of carboxylic acid groups (broad SMARTS) is 2. The Labute approximate surface area is 181 Å². The van der Waals surface area contributed by atoms with Crippen molar-refractivity contribution in [2.24, 2.45) is 17.4 Å². The summed E-state index contributed by atoms with van der Waals surface area (Å²) in [5.74, 6) is -2.74. The molecule has 2 atom stereocenters. The molecule has 0 saturated carbocycles. The summed E-state index contributed by atoms with van der Waals surface area (Å²) in [6, 6.07) is 7.22. The number of halogens is 1. The highest BCUT2D eigenvalue weighted by Gasteiger charge is 2.20. The average Bonchev–Trinajstić information content (AvgIpc) is 2.66. The first-order chi connectivity index (χ1) is 13.6. The van der Waals surface area contributed by atoms with Crippen molar-refractivity contribution < 1.29 is 29.4 Å². The van der Waals surface area contributed by atoms with Crippen LogP contribution in [0, 0.1) is 5.92 Å². The lowest BCUT2D eigenvalue weighted by Gasteiger charge is -2.14. The molecule has 0 saturated heterocycles. The van der Waals surface area contributed by atoms with Gasteiger partial charge >= 0.3 is 11.9 Å². The molecule has 0 aliphatic heterocycles. The van der Waals surface area contributed by atoms with E-state index >= 15 is 0 Å². The minimum absolute atomic E-state index is 0. The Morgan fingerprint density at radius 3 is 1.97 bits per heavy atom. The molecule has 8 N–H and O–H groups in total. The molecule has 1 rings (SSSR count). The van der Waals surface area contributed by atoms with E-state index in [2.05, 4.69) is 10.6 Å². The van der Waals surface area contributed by atoms with Crippen LogP contribution in [0.2, 0.25) is 0 Å². The highest BCUT2D eigenvalue weighted by Crippen LogP contribution is 2.03. The molecule has 1 aromatic carbocycles. The Morgan fingerprint density at radius 2 is 1.57 bits per heavy atom. The molecule has 0 unspecified atom stereocenters. The third-order valence-corrected chi connectivity index (χ3v) is 3.59. The molecule has 0 aliphatic rings. The van der Waals surface area contributed by atoms with Crippen LogP contribution in [0.5, 0.6) is 0 Å². The van der Waals surface area contributed by atoms with Gasteiger partial charge in [0.2, 0.25) is 11.8 Å². The highest BCUT2D eigenvalue weighted by atomic mass is 35.5. The number of benzene rings is 1. The lowest BCUT2D eigenvalue weighted by atomic mass is 10.1. The van der Waals surface area contributed by atoms with Gasteiger partial charge in [-0.25, -0.2) is 4.79 Å². The number of carbonyl (C=O) groups is 4. The summed E-state index contributed by atoms with van der Waals surface area (Å²) < 4.78 is 0. The molecule has 2 amide bonds. The predicted molar refractivity (Wildman–Crippen MR) is 114 cm³/mol. The van der Waals surface area contributed by atoms with Gasteiger partial charge in [0, 0.05) is 6.42 Å². The van der Waals surface area contributed by atoms with Gasteiger partial charge in [0.1, 0.15) is 12.1 Å². The number of nitrogens with two attached hydrogens (primary N) is 2. The van der Waals surface area contributed by atoms with Gasteiger partial charge in [0.05, 0.1) is 13.1 Å². The molecule has 11 heteroatoms. The normalized spacial score (nSPS) is 11.8. The predicted octanol–water partition coefficient (Wildman–Crippen LogP) is -0.260. The Bertz CT molecular complexity index is 672. The lowest BCUT2D eigenvalue weighted by molar-refractivity contribution is -0.141. The summed E-state index contributed by atoms with van der Waals surface area (Å²) in [7, 11) is 0. The van der Waals surface area contributed by atoms with E-state index in [0.717, 1.165) is 5.56 Å². The van der Waals surface area contributed by atoms with Crippen molar-refractivity contribution >= 4 is 36.2 Å². The maximum Gasteiger partial charge on any atom is 0.326 e. The number of nitrogens with one attached hydrogen (secondary N) is 2. The Balaban J connectivity index is 0. The Kier molecular flexibility index (Phi) is 15.9. The van der Waals surface area contributed by atoms with Crippen LogP contribution in [-0.2, 0) is 25.6 Å². The molecule has 30 heavy (non-hydrogen) atoms. The van der Waals surface area contributed by atoms with E-state index in [1.54, 1.807) is 24.3 Å². The smallest absolute Gasteiger partial charge is 0.326 e. The molecule has 0 fully saturated rings. The van der Waals surface area contributed by atoms with Gasteiger partial charge in [0.15, 0.2) is 0 Å². The molecule has 0 heterocycles. The molecule has 0 aliphatic carbocycles. The van der Waals surface area contributed by atoms with Crippen molar-refractivity contribution in [1.82, 2.24) is 10.6 Å². The van der Waals surface area contributed by atoms with Gasteiger partial charge in [-0.3, -0.25) is 14.4 Å². The quantitative estimate of drug-likeness (QED) is 0.283. The van der Waals surface area contributed by atoms with Crippen molar-refractivity contribution in [1.29, 1.82) is 0 Å². The monoisotopic (exact) mass is 446 g/mol. The molecule has 0 radical (unpaired) electrons. The summed E-state index contributed by atoms with van der Waals surface area (Å²) in [4.78, 5) is 43.7. The summed E-state index contributed by atoms with van der Waals surface area (Å²) in [6.45, 7) is 3.37. The van der Waals surface area contributed by atoms with Crippen molar-refractivity contribution in [3.05, 3.63) is 35.9 Å². The third-order valence-electron chi connectivity index (χ3n) is 3.59. The van der Waals surface area contributed by atoms with E-state index in [0.29, 0.717) is 12.3 Å². The van der Waals surface area contributed by atoms with Crippen LogP contribution in [0.4, 0.5) is 0 Å². The number of aliphatic carboxylic acids is 2. The molecular formula is C19H31ClN4O6. The fraction of sp³-hybridized carbons (Fsp3) is 0.474. The number of rotatable bonds is 10. The van der Waals surface area contributed by atoms with Crippen LogP contribution in [0.1, 0.15) is 25.8 Å². The number of carbonyl (C=O) groups excluding carboxylic acids is 2. The zero-order chi connectivity index (χ0) is 22.4. The van der Waals surface area contributed by atoms with Crippen LogP contribution in [0.25, 0.3) is 0 Å². The van der Waals surface area contributed by atoms with Crippen LogP contribution in [0.3, 0.4) is 0 Å². The first-order valence-corrected chi connectivity index (χ1v) is 9.08. The fourth-order valence-corrected chi connectivity index (χ4v) is 2.15. The number of amides is 2. The maximum absolute atomic E-state index is 11.5. The largest absolute Gasteiger partial charge is 0.480 e. The van der Waals surface area contributed by atoms with E-state index in [-0.39, 0.29) is 31.9 Å². The summed E-state index contributed by atoms with van der Waals surface area (Å²) >= 11 is 0. The summed E-state index contributed by atoms with van der Waals surface area (Å²) in [5, 5.41) is 22.0. The molecule has 1 aromatic rings. The Hall–Kier alpha value is -2.69. The third kappa shape index (κ3) is 14.3.